The van der Waals surface area contributed by atoms with E-state index < -0.39 is 0 Å². The van der Waals surface area contributed by atoms with Crippen LogP contribution in [0.3, 0.4) is 0 Å². The van der Waals surface area contributed by atoms with Crippen molar-refractivity contribution in [3.8, 4) is 18.1 Å². The summed E-state index contributed by atoms with van der Waals surface area (Å²) in [6.45, 7) is 1.30. The van der Waals surface area contributed by atoms with Gasteiger partial charge in [-0.05, 0) is 12.1 Å². The Hall–Kier alpha value is -2.35. The highest BCUT2D eigenvalue weighted by atomic mass is 16.5. The second-order valence-electron chi connectivity index (χ2n) is 5.74. The molecular formula is C17H19N3O2. The van der Waals surface area contributed by atoms with Crippen molar-refractivity contribution in [2.75, 3.05) is 13.1 Å². The van der Waals surface area contributed by atoms with Gasteiger partial charge in [-0.25, -0.2) is 0 Å². The van der Waals surface area contributed by atoms with E-state index in [9.17, 15) is 4.79 Å². The minimum absolute atomic E-state index is 0.0945. The monoisotopic (exact) mass is 297 g/mol. The van der Waals surface area contributed by atoms with E-state index in [2.05, 4.69) is 16.1 Å². The molecule has 0 aliphatic carbocycles. The van der Waals surface area contributed by atoms with Gasteiger partial charge in [-0.15, -0.1) is 12.3 Å². The van der Waals surface area contributed by atoms with E-state index in [-0.39, 0.29) is 17.7 Å². The van der Waals surface area contributed by atoms with Gasteiger partial charge >= 0.3 is 0 Å². The number of carbonyl (C=O) groups excluding carboxylic acids is 1. The Morgan fingerprint density at radius 3 is 2.68 bits per heavy atom. The van der Waals surface area contributed by atoms with Gasteiger partial charge in [0.15, 0.2) is 5.66 Å². The fourth-order valence-corrected chi connectivity index (χ4v) is 2.54. The lowest BCUT2D eigenvalue weighted by molar-refractivity contribution is -0.140. The Morgan fingerprint density at radius 2 is 2.05 bits per heavy atom. The number of benzene rings is 1. The number of carbonyl (C=O) groups is 1. The molecule has 3 rings (SSSR count). The van der Waals surface area contributed by atoms with Crippen LogP contribution in [0.2, 0.25) is 0 Å². The van der Waals surface area contributed by atoms with Crippen molar-refractivity contribution < 1.29 is 9.53 Å². The summed E-state index contributed by atoms with van der Waals surface area (Å²) in [6.07, 6.45) is 7.88. The smallest absolute Gasteiger partial charge is 0.222 e. The highest BCUT2D eigenvalue weighted by Crippen LogP contribution is 2.37. The Morgan fingerprint density at radius 1 is 1.32 bits per heavy atom. The third-order valence-electron chi connectivity index (χ3n) is 4.04. The van der Waals surface area contributed by atoms with Crippen LogP contribution in [0.1, 0.15) is 25.7 Å². The van der Waals surface area contributed by atoms with E-state index in [1.165, 1.54) is 0 Å². The molecule has 22 heavy (non-hydrogen) atoms. The molecular weight excluding hydrogens is 278 g/mol. The lowest BCUT2D eigenvalue weighted by Gasteiger charge is -2.39. The molecule has 5 heteroatoms. The van der Waals surface area contributed by atoms with Crippen molar-refractivity contribution in [2.45, 2.75) is 37.5 Å². The topological polar surface area (TPSA) is 54.3 Å². The molecule has 0 spiro atoms. The molecule has 0 saturated carbocycles. The number of nitrogens with zero attached hydrogens (tertiary/aromatic N) is 3. The SMILES string of the molecule is C#CCCC1(CCC(=O)N2CC(Oc3ccccc3)C2)N=N1. The third kappa shape index (κ3) is 3.45. The van der Waals surface area contributed by atoms with Gasteiger partial charge in [0.1, 0.15) is 11.9 Å². The zero-order valence-corrected chi connectivity index (χ0v) is 12.4. The number of para-hydroxylation sites is 1. The Balaban J connectivity index is 1.36. The molecule has 2 aliphatic rings. The van der Waals surface area contributed by atoms with Crippen LogP contribution in [-0.2, 0) is 4.79 Å². The van der Waals surface area contributed by atoms with Crippen LogP contribution < -0.4 is 4.74 Å². The summed E-state index contributed by atoms with van der Waals surface area (Å²) < 4.78 is 5.79. The van der Waals surface area contributed by atoms with E-state index in [1.54, 1.807) is 0 Å². The lowest BCUT2D eigenvalue weighted by atomic mass is 10.0. The maximum absolute atomic E-state index is 12.1. The molecule has 0 N–H and O–H groups in total. The van der Waals surface area contributed by atoms with Crippen molar-refractivity contribution in [3.05, 3.63) is 30.3 Å². The van der Waals surface area contributed by atoms with E-state index in [0.29, 0.717) is 32.4 Å². The first-order valence-corrected chi connectivity index (χ1v) is 7.58. The Bertz CT molecular complexity index is 594. The summed E-state index contributed by atoms with van der Waals surface area (Å²) in [5.74, 6) is 3.59. The van der Waals surface area contributed by atoms with Gasteiger partial charge < -0.3 is 9.64 Å². The molecule has 1 aromatic rings. The lowest BCUT2D eigenvalue weighted by Crippen LogP contribution is -2.56. The highest BCUT2D eigenvalue weighted by Gasteiger charge is 2.40. The summed E-state index contributed by atoms with van der Waals surface area (Å²) in [5.41, 5.74) is -0.368. The minimum atomic E-state index is -0.368. The number of terminal acetylenes is 1. The van der Waals surface area contributed by atoms with Crippen LogP contribution in [0.25, 0.3) is 0 Å². The fraction of sp³-hybridized carbons (Fsp3) is 0.471. The fourth-order valence-electron chi connectivity index (χ4n) is 2.54. The van der Waals surface area contributed by atoms with Crippen molar-refractivity contribution in [1.29, 1.82) is 0 Å². The first kappa shape index (κ1) is 14.6. The van der Waals surface area contributed by atoms with Gasteiger partial charge in [0.2, 0.25) is 5.91 Å². The Kier molecular flexibility index (Phi) is 4.10. The maximum Gasteiger partial charge on any atom is 0.222 e. The molecule has 1 saturated heterocycles. The van der Waals surface area contributed by atoms with Gasteiger partial charge in [-0.1, -0.05) is 18.2 Å². The van der Waals surface area contributed by atoms with Crippen molar-refractivity contribution in [3.63, 3.8) is 0 Å². The second kappa shape index (κ2) is 6.18. The average Bonchev–Trinajstić information content (AvgIpc) is 3.28. The first-order valence-electron chi connectivity index (χ1n) is 7.58. The first-order chi connectivity index (χ1) is 10.7. The molecule has 0 unspecified atom stereocenters. The van der Waals surface area contributed by atoms with E-state index in [4.69, 9.17) is 11.2 Å². The van der Waals surface area contributed by atoms with Gasteiger partial charge in [-0.3, -0.25) is 4.79 Å². The zero-order chi connectivity index (χ0) is 15.4. The van der Waals surface area contributed by atoms with Gasteiger partial charge in [0.05, 0.1) is 13.1 Å². The number of rotatable bonds is 7. The van der Waals surface area contributed by atoms with Gasteiger partial charge in [0, 0.05) is 25.7 Å². The van der Waals surface area contributed by atoms with Crippen LogP contribution in [0.5, 0.6) is 5.75 Å². The van der Waals surface area contributed by atoms with E-state index >= 15 is 0 Å². The summed E-state index contributed by atoms with van der Waals surface area (Å²) in [4.78, 5) is 13.9. The Labute approximate surface area is 130 Å². The van der Waals surface area contributed by atoms with Gasteiger partial charge in [0.25, 0.3) is 0 Å². The maximum atomic E-state index is 12.1. The summed E-state index contributed by atoms with van der Waals surface area (Å²) in [5, 5.41) is 8.10. The van der Waals surface area contributed by atoms with E-state index in [1.807, 2.05) is 35.2 Å². The molecule has 114 valence electrons. The minimum Gasteiger partial charge on any atom is -0.487 e. The molecule has 1 amide bonds. The predicted molar refractivity (Wildman–Crippen MR) is 82.3 cm³/mol. The summed E-state index contributed by atoms with van der Waals surface area (Å²) in [6, 6.07) is 9.68. The molecule has 0 aromatic heterocycles. The molecule has 0 atom stereocenters. The van der Waals surface area contributed by atoms with Crippen LogP contribution in [0, 0.1) is 12.3 Å². The molecule has 2 aliphatic heterocycles. The van der Waals surface area contributed by atoms with Crippen LogP contribution in [-0.4, -0.2) is 35.7 Å². The largest absolute Gasteiger partial charge is 0.487 e. The zero-order valence-electron chi connectivity index (χ0n) is 12.4. The average molecular weight is 297 g/mol. The molecule has 5 nitrogen and oxygen atoms in total. The van der Waals surface area contributed by atoms with E-state index in [0.717, 1.165) is 12.2 Å². The molecule has 0 bridgehead atoms. The second-order valence-corrected chi connectivity index (χ2v) is 5.74. The summed E-state index contributed by atoms with van der Waals surface area (Å²) >= 11 is 0. The summed E-state index contributed by atoms with van der Waals surface area (Å²) in [7, 11) is 0. The van der Waals surface area contributed by atoms with Crippen LogP contribution in [0.15, 0.2) is 40.6 Å². The number of ether oxygens (including phenoxy) is 1. The number of likely N-dealkylation sites (tertiary alicyclic amines) is 1. The molecule has 0 radical (unpaired) electrons. The quantitative estimate of drug-likeness (QED) is 0.726. The number of hydrogen-bond acceptors (Lipinski definition) is 4. The predicted octanol–water partition coefficient (Wildman–Crippen LogP) is 2.63. The third-order valence-corrected chi connectivity index (χ3v) is 4.04. The van der Waals surface area contributed by atoms with Crippen molar-refractivity contribution in [1.82, 2.24) is 4.90 Å². The molecule has 1 aromatic carbocycles. The molecule has 1 fully saturated rings. The van der Waals surface area contributed by atoms with Crippen LogP contribution in [0.4, 0.5) is 0 Å². The van der Waals surface area contributed by atoms with Crippen LogP contribution >= 0.6 is 0 Å². The van der Waals surface area contributed by atoms with Gasteiger partial charge in [-0.2, -0.15) is 10.2 Å². The highest BCUT2D eigenvalue weighted by molar-refractivity contribution is 5.77. The molecule has 2 heterocycles. The normalized spacial score (nSPS) is 18.4. The number of hydrogen-bond donors (Lipinski definition) is 0. The van der Waals surface area contributed by atoms with Crippen molar-refractivity contribution in [2.24, 2.45) is 10.2 Å². The van der Waals surface area contributed by atoms with Crippen molar-refractivity contribution >= 4 is 5.91 Å². The standard InChI is InChI=1S/C17H19N3O2/c1-2-3-10-17(18-19-17)11-9-16(21)20-12-15(13-20)22-14-7-5-4-6-8-14/h1,4-8,15H,3,9-13H2. The number of amides is 1.